The Morgan fingerprint density at radius 1 is 0.554 bits per heavy atom. The molecule has 2 unspecified atom stereocenters. The van der Waals surface area contributed by atoms with Gasteiger partial charge in [-0.2, -0.15) is 0 Å². The lowest BCUT2D eigenvalue weighted by atomic mass is 10.0. The fourth-order valence-corrected chi connectivity index (χ4v) is 6.26. The van der Waals surface area contributed by atoms with Gasteiger partial charge in [0.15, 0.2) is 12.1 Å². The first-order valence-corrected chi connectivity index (χ1v) is 22.3. The summed E-state index contributed by atoms with van der Waals surface area (Å²) in [5, 5.41) is 9.62. The number of allylic oxidation sites excluding steroid dienone is 10. The normalized spacial score (nSPS) is 13.5. The molecule has 0 aromatic carbocycles. The van der Waals surface area contributed by atoms with E-state index >= 15 is 0 Å². The summed E-state index contributed by atoms with van der Waals surface area (Å²) in [6.07, 6.45) is 47.1. The number of hydrogen-bond donors (Lipinski definition) is 1. The number of carbonyl (C=O) groups excluding carboxylic acids is 2. The molecule has 0 aliphatic heterocycles. The molecule has 8 nitrogen and oxygen atoms in total. The van der Waals surface area contributed by atoms with Crippen molar-refractivity contribution >= 4 is 17.9 Å². The van der Waals surface area contributed by atoms with Gasteiger partial charge in [-0.15, -0.1) is 0 Å². The van der Waals surface area contributed by atoms with Crippen LogP contribution in [0, 0.1) is 0 Å². The van der Waals surface area contributed by atoms with Crippen molar-refractivity contribution in [3.8, 4) is 0 Å². The lowest BCUT2D eigenvalue weighted by Gasteiger charge is -2.31. The first kappa shape index (κ1) is 53.0. The molecule has 0 aromatic heterocycles. The molecular weight excluding hydrogens is 703 g/mol. The fourth-order valence-electron chi connectivity index (χ4n) is 6.26. The van der Waals surface area contributed by atoms with Crippen molar-refractivity contribution in [2.24, 2.45) is 0 Å². The Morgan fingerprint density at radius 3 is 1.45 bits per heavy atom. The van der Waals surface area contributed by atoms with Gasteiger partial charge in [0.1, 0.15) is 6.61 Å². The second-order valence-electron chi connectivity index (χ2n) is 15.9. The molecule has 0 saturated heterocycles. The maximum atomic E-state index is 12.7. The van der Waals surface area contributed by atoms with Crippen LogP contribution in [-0.4, -0.2) is 80.6 Å². The summed E-state index contributed by atoms with van der Waals surface area (Å²) < 4.78 is 17.2. The molecule has 0 aliphatic carbocycles. The van der Waals surface area contributed by atoms with Gasteiger partial charge in [-0.3, -0.25) is 9.59 Å². The van der Waals surface area contributed by atoms with Crippen molar-refractivity contribution in [1.82, 2.24) is 0 Å². The molecular formula is C48H84NO7+. The number of likely N-dealkylation sites (N-methyl/N-ethyl adjacent to an activating group) is 1. The van der Waals surface area contributed by atoms with E-state index in [0.29, 0.717) is 19.3 Å². The maximum Gasteiger partial charge on any atom is 0.362 e. The van der Waals surface area contributed by atoms with Gasteiger partial charge in [0, 0.05) is 19.3 Å². The van der Waals surface area contributed by atoms with Crippen LogP contribution in [0.2, 0.25) is 0 Å². The Hall–Kier alpha value is -2.97. The van der Waals surface area contributed by atoms with Crippen LogP contribution < -0.4 is 0 Å². The van der Waals surface area contributed by atoms with E-state index in [1.165, 1.54) is 83.5 Å². The number of carboxylic acids is 1. The number of esters is 2. The number of ether oxygens (including phenoxy) is 3. The van der Waals surface area contributed by atoms with Crippen molar-refractivity contribution in [3.63, 3.8) is 0 Å². The Bertz CT molecular complexity index is 1100. The zero-order valence-corrected chi connectivity index (χ0v) is 36.6. The predicted molar refractivity (Wildman–Crippen MR) is 234 cm³/mol. The first-order chi connectivity index (χ1) is 27.1. The third-order valence-corrected chi connectivity index (χ3v) is 9.70. The zero-order valence-electron chi connectivity index (χ0n) is 36.6. The lowest BCUT2D eigenvalue weighted by Crippen LogP contribution is -2.50. The third kappa shape index (κ3) is 36.7. The summed E-state index contributed by atoms with van der Waals surface area (Å²) in [6.45, 7) is 4.54. The Morgan fingerprint density at radius 2 is 1.00 bits per heavy atom. The highest BCUT2D eigenvalue weighted by molar-refractivity contribution is 5.72. The highest BCUT2D eigenvalue weighted by atomic mass is 16.6. The molecule has 0 radical (unpaired) electrons. The predicted octanol–water partition coefficient (Wildman–Crippen LogP) is 12.2. The van der Waals surface area contributed by atoms with E-state index in [0.717, 1.165) is 51.4 Å². The minimum absolute atomic E-state index is 0.0310. The van der Waals surface area contributed by atoms with Crippen LogP contribution in [0.4, 0.5) is 0 Å². The summed E-state index contributed by atoms with van der Waals surface area (Å²) in [5.74, 6) is -1.57. The molecule has 56 heavy (non-hydrogen) atoms. The number of carbonyl (C=O) groups is 3. The smallest absolute Gasteiger partial charge is 0.362 e. The van der Waals surface area contributed by atoms with E-state index in [4.69, 9.17) is 14.2 Å². The number of quaternary nitrogens is 1. The van der Waals surface area contributed by atoms with Crippen molar-refractivity contribution in [3.05, 3.63) is 60.8 Å². The van der Waals surface area contributed by atoms with E-state index in [2.05, 4.69) is 62.5 Å². The summed E-state index contributed by atoms with van der Waals surface area (Å²) in [7, 11) is 5.50. The van der Waals surface area contributed by atoms with Gasteiger partial charge in [-0.1, -0.05) is 171 Å². The van der Waals surface area contributed by atoms with Gasteiger partial charge in [0.05, 0.1) is 34.4 Å². The topological polar surface area (TPSA) is 99.1 Å². The quantitative estimate of drug-likeness (QED) is 0.0287. The summed E-state index contributed by atoms with van der Waals surface area (Å²) in [4.78, 5) is 36.9. The lowest BCUT2D eigenvalue weighted by molar-refractivity contribution is -0.887. The highest BCUT2D eigenvalue weighted by Gasteiger charge is 2.31. The monoisotopic (exact) mass is 787 g/mol. The molecule has 0 fully saturated rings. The third-order valence-electron chi connectivity index (χ3n) is 9.70. The van der Waals surface area contributed by atoms with Crippen LogP contribution in [-0.2, 0) is 28.6 Å². The van der Waals surface area contributed by atoms with Gasteiger partial charge in [0.2, 0.25) is 0 Å². The number of nitrogens with zero attached hydrogens (tertiary/aromatic N) is 1. The molecule has 0 amide bonds. The second kappa shape index (κ2) is 38.9. The number of carboxylic acid groups (broad SMARTS) is 1. The second-order valence-corrected chi connectivity index (χ2v) is 15.9. The standard InChI is InChI=1S/C48H83NO7/c1-6-8-10-12-14-16-18-20-22-24-26-28-30-32-34-36-38-46(50)55-43-44(42-54-41-40-45(48(52)53)49(3,4)5)56-47(51)39-37-35-33-31-29-27-25-23-21-19-17-15-13-11-9-7-2/h9,11,15,17,21,23,27,29,33,35,44-45H,6-8,10,12-14,16,18-20,22,24-26,28,30-32,34,36-43H2,1-5H3/p+1/b11-9+,17-15+,23-21+,29-27+,35-33+. The van der Waals surface area contributed by atoms with E-state index < -0.39 is 18.1 Å². The Labute approximate surface area is 343 Å². The van der Waals surface area contributed by atoms with E-state index in [9.17, 15) is 19.5 Å². The van der Waals surface area contributed by atoms with Gasteiger partial charge in [-0.05, 0) is 44.9 Å². The molecule has 0 spiro atoms. The van der Waals surface area contributed by atoms with Crippen LogP contribution in [0.1, 0.15) is 174 Å². The van der Waals surface area contributed by atoms with Crippen molar-refractivity contribution in [1.29, 1.82) is 0 Å². The molecule has 0 saturated carbocycles. The molecule has 0 heterocycles. The van der Waals surface area contributed by atoms with Gasteiger partial charge in [-0.25, -0.2) is 4.79 Å². The average Bonchev–Trinajstić information content (AvgIpc) is 3.15. The van der Waals surface area contributed by atoms with Crippen molar-refractivity contribution in [2.45, 2.75) is 187 Å². The van der Waals surface area contributed by atoms with Gasteiger partial charge < -0.3 is 23.8 Å². The zero-order chi connectivity index (χ0) is 41.4. The highest BCUT2D eigenvalue weighted by Crippen LogP contribution is 2.15. The molecule has 0 rings (SSSR count). The van der Waals surface area contributed by atoms with E-state index in [-0.39, 0.29) is 42.7 Å². The van der Waals surface area contributed by atoms with Crippen LogP contribution in [0.25, 0.3) is 0 Å². The minimum atomic E-state index is -0.887. The maximum absolute atomic E-state index is 12.7. The van der Waals surface area contributed by atoms with Gasteiger partial charge in [0.25, 0.3) is 0 Å². The molecule has 0 aromatic rings. The van der Waals surface area contributed by atoms with Crippen LogP contribution in [0.5, 0.6) is 0 Å². The average molecular weight is 787 g/mol. The van der Waals surface area contributed by atoms with Crippen molar-refractivity contribution in [2.75, 3.05) is 41.0 Å². The number of rotatable bonds is 39. The number of hydrogen-bond acceptors (Lipinski definition) is 6. The van der Waals surface area contributed by atoms with Crippen LogP contribution >= 0.6 is 0 Å². The van der Waals surface area contributed by atoms with Gasteiger partial charge >= 0.3 is 17.9 Å². The van der Waals surface area contributed by atoms with Crippen LogP contribution in [0.15, 0.2) is 60.8 Å². The number of aliphatic carboxylic acids is 1. The Balaban J connectivity index is 4.44. The minimum Gasteiger partial charge on any atom is -0.477 e. The molecule has 1 N–H and O–H groups in total. The number of unbranched alkanes of at least 4 members (excludes halogenated alkanes) is 15. The van der Waals surface area contributed by atoms with Crippen LogP contribution in [0.3, 0.4) is 0 Å². The molecule has 2 atom stereocenters. The SMILES string of the molecule is CC/C=C/C/C=C/C/C=C/C/C=C/C/C=C/CCC(=O)OC(COCCC(C(=O)O)[N+](C)(C)C)COC(=O)CCCCCCCCCCCCCCCCCC. The van der Waals surface area contributed by atoms with E-state index in [1.807, 2.05) is 33.3 Å². The molecule has 8 heteroatoms. The summed E-state index contributed by atoms with van der Waals surface area (Å²) >= 11 is 0. The molecule has 0 bridgehead atoms. The molecule has 0 aliphatic rings. The Kier molecular flexibility index (Phi) is 36.8. The van der Waals surface area contributed by atoms with E-state index in [1.54, 1.807) is 0 Å². The summed E-state index contributed by atoms with van der Waals surface area (Å²) in [6, 6.07) is -0.628. The summed E-state index contributed by atoms with van der Waals surface area (Å²) in [5.41, 5.74) is 0. The van der Waals surface area contributed by atoms with Crippen molar-refractivity contribution < 1.29 is 38.2 Å². The molecule has 322 valence electrons. The first-order valence-electron chi connectivity index (χ1n) is 22.3. The largest absolute Gasteiger partial charge is 0.477 e. The fraction of sp³-hybridized carbons (Fsp3) is 0.729.